The first-order valence-corrected chi connectivity index (χ1v) is 6.68. The number of carbonyl (C=O) groups is 1. The van der Waals surface area contributed by atoms with Crippen LogP contribution in [0.2, 0.25) is 0 Å². The second-order valence-electron chi connectivity index (χ2n) is 6.18. The average molecular weight is 235 g/mol. The van der Waals surface area contributed by atoms with Crippen LogP contribution in [-0.4, -0.2) is 17.6 Å². The average Bonchev–Trinajstić information content (AvgIpc) is 2.45. The smallest absolute Gasteiger partial charge is 0.303 e. The fourth-order valence-electron chi connectivity index (χ4n) is 5.38. The Hall–Kier alpha value is -0.830. The minimum atomic E-state index is -0.681. The number of hydrogen-bond donors (Lipinski definition) is 2. The predicted molar refractivity (Wildman–Crippen MR) is 65.2 cm³/mol. The third kappa shape index (κ3) is 1.23. The van der Waals surface area contributed by atoms with Crippen molar-refractivity contribution in [3.05, 3.63) is 12.7 Å². The molecule has 3 aliphatic carbocycles. The van der Waals surface area contributed by atoms with E-state index in [-0.39, 0.29) is 11.8 Å². The van der Waals surface area contributed by atoms with Crippen molar-refractivity contribution in [1.82, 2.24) is 0 Å². The lowest BCUT2D eigenvalue weighted by molar-refractivity contribution is -0.160. The minimum Gasteiger partial charge on any atom is -0.481 e. The highest BCUT2D eigenvalue weighted by Crippen LogP contribution is 2.72. The van der Waals surface area contributed by atoms with E-state index < -0.39 is 5.97 Å². The maximum absolute atomic E-state index is 11.1. The normalized spacial score (nSPS) is 50.8. The second kappa shape index (κ2) is 3.58. The summed E-state index contributed by atoms with van der Waals surface area (Å²) in [5.41, 5.74) is 5.86. The van der Waals surface area contributed by atoms with Gasteiger partial charge in [-0.2, -0.15) is 0 Å². The molecule has 3 aliphatic rings. The molecule has 6 atom stereocenters. The van der Waals surface area contributed by atoms with Crippen molar-refractivity contribution in [2.24, 2.45) is 40.7 Å². The van der Waals surface area contributed by atoms with E-state index in [2.05, 4.69) is 12.7 Å². The van der Waals surface area contributed by atoms with Gasteiger partial charge in [-0.25, -0.2) is 0 Å². The molecular weight excluding hydrogens is 214 g/mol. The van der Waals surface area contributed by atoms with Crippen molar-refractivity contribution in [3.63, 3.8) is 0 Å². The van der Waals surface area contributed by atoms with E-state index in [0.717, 1.165) is 5.92 Å². The topological polar surface area (TPSA) is 63.3 Å². The Kier molecular flexibility index (Phi) is 2.37. The van der Waals surface area contributed by atoms with Crippen molar-refractivity contribution in [2.45, 2.75) is 25.7 Å². The lowest BCUT2D eigenvalue weighted by atomic mass is 9.43. The molecule has 0 spiro atoms. The molecule has 3 rings (SSSR count). The SMILES string of the molecule is C=C[C@H]1[C@@H]2CCC3[C@H]1[C@H](C2)[C@]3(CN)CC(=O)O. The number of carboxylic acid groups (broad SMARTS) is 1. The van der Waals surface area contributed by atoms with E-state index in [4.69, 9.17) is 10.8 Å². The molecule has 0 aromatic heterocycles. The van der Waals surface area contributed by atoms with E-state index in [1.807, 2.05) is 0 Å². The van der Waals surface area contributed by atoms with Crippen LogP contribution in [0.15, 0.2) is 12.7 Å². The number of nitrogens with two attached hydrogens (primary N) is 1. The standard InChI is InChI=1S/C14H21NO2/c1-2-9-8-3-4-10-13(9)11(5-8)14(10,7-15)6-12(16)17/h2,8-11,13H,1,3-7,15H2,(H,16,17)/t8-,9+,10?,11+,13+,14+/m1/s1. The highest BCUT2D eigenvalue weighted by Gasteiger charge is 2.68. The molecule has 17 heavy (non-hydrogen) atoms. The molecule has 0 heterocycles. The molecule has 1 unspecified atom stereocenters. The number of hydrogen-bond acceptors (Lipinski definition) is 2. The van der Waals surface area contributed by atoms with Gasteiger partial charge in [-0.15, -0.1) is 6.58 Å². The lowest BCUT2D eigenvalue weighted by Crippen LogP contribution is -2.60. The first-order valence-electron chi connectivity index (χ1n) is 6.68. The van der Waals surface area contributed by atoms with Gasteiger partial charge in [-0.1, -0.05) is 6.08 Å². The molecule has 3 heteroatoms. The van der Waals surface area contributed by atoms with Crippen LogP contribution in [0.1, 0.15) is 25.7 Å². The van der Waals surface area contributed by atoms with Crippen LogP contribution in [0, 0.1) is 35.0 Å². The summed E-state index contributed by atoms with van der Waals surface area (Å²) < 4.78 is 0. The van der Waals surface area contributed by atoms with Crippen molar-refractivity contribution >= 4 is 5.97 Å². The highest BCUT2D eigenvalue weighted by atomic mass is 16.4. The fraction of sp³-hybridized carbons (Fsp3) is 0.786. The van der Waals surface area contributed by atoms with Crippen molar-refractivity contribution in [3.8, 4) is 0 Å². The van der Waals surface area contributed by atoms with Crippen LogP contribution in [0.25, 0.3) is 0 Å². The van der Waals surface area contributed by atoms with Gasteiger partial charge in [0.2, 0.25) is 0 Å². The summed E-state index contributed by atoms with van der Waals surface area (Å²) in [7, 11) is 0. The van der Waals surface area contributed by atoms with Crippen LogP contribution < -0.4 is 5.73 Å². The van der Waals surface area contributed by atoms with E-state index in [1.54, 1.807) is 0 Å². The molecule has 0 aromatic carbocycles. The summed E-state index contributed by atoms with van der Waals surface area (Å²) in [6.07, 6.45) is 5.99. The molecule has 94 valence electrons. The number of fused-ring (bicyclic) bond motifs is 1. The Morgan fingerprint density at radius 2 is 2.24 bits per heavy atom. The molecule has 0 aromatic rings. The fourth-order valence-corrected chi connectivity index (χ4v) is 5.38. The van der Waals surface area contributed by atoms with Gasteiger partial charge < -0.3 is 10.8 Å². The maximum Gasteiger partial charge on any atom is 0.303 e. The van der Waals surface area contributed by atoms with Gasteiger partial charge in [0.1, 0.15) is 0 Å². The molecule has 2 bridgehead atoms. The van der Waals surface area contributed by atoms with Gasteiger partial charge in [0.05, 0.1) is 6.42 Å². The lowest BCUT2D eigenvalue weighted by Gasteiger charge is -2.61. The zero-order valence-electron chi connectivity index (χ0n) is 10.1. The summed E-state index contributed by atoms with van der Waals surface area (Å²) in [4.78, 5) is 11.1. The van der Waals surface area contributed by atoms with E-state index in [0.29, 0.717) is 30.2 Å². The highest BCUT2D eigenvalue weighted by molar-refractivity contribution is 5.68. The van der Waals surface area contributed by atoms with Gasteiger partial charge in [0, 0.05) is 0 Å². The molecule has 0 saturated heterocycles. The molecule has 3 saturated carbocycles. The molecule has 3 fully saturated rings. The van der Waals surface area contributed by atoms with Crippen LogP contribution in [0.3, 0.4) is 0 Å². The first-order chi connectivity index (χ1) is 8.14. The Morgan fingerprint density at radius 1 is 1.47 bits per heavy atom. The third-order valence-electron chi connectivity index (χ3n) is 5.93. The van der Waals surface area contributed by atoms with E-state index >= 15 is 0 Å². The van der Waals surface area contributed by atoms with E-state index in [9.17, 15) is 4.79 Å². The van der Waals surface area contributed by atoms with Crippen molar-refractivity contribution in [1.29, 1.82) is 0 Å². The zero-order chi connectivity index (χ0) is 12.2. The summed E-state index contributed by atoms with van der Waals surface area (Å²) in [5.74, 6) is 2.47. The number of aliphatic carboxylic acids is 1. The van der Waals surface area contributed by atoms with E-state index in [1.165, 1.54) is 19.3 Å². The summed E-state index contributed by atoms with van der Waals surface area (Å²) in [6, 6.07) is 0. The molecular formula is C14H21NO2. The molecule has 3 nitrogen and oxygen atoms in total. The Morgan fingerprint density at radius 3 is 2.82 bits per heavy atom. The number of allylic oxidation sites excluding steroid dienone is 1. The second-order valence-corrected chi connectivity index (χ2v) is 6.18. The van der Waals surface area contributed by atoms with Gasteiger partial charge in [0.25, 0.3) is 0 Å². The predicted octanol–water partition coefficient (Wildman–Crippen LogP) is 1.88. The Labute approximate surface area is 102 Å². The van der Waals surface area contributed by atoms with Crippen LogP contribution >= 0.6 is 0 Å². The zero-order valence-corrected chi connectivity index (χ0v) is 10.1. The number of carboxylic acids is 1. The number of rotatable bonds is 4. The van der Waals surface area contributed by atoms with Crippen molar-refractivity contribution in [2.75, 3.05) is 6.54 Å². The Balaban J connectivity index is 1.91. The van der Waals surface area contributed by atoms with Crippen LogP contribution in [-0.2, 0) is 4.79 Å². The van der Waals surface area contributed by atoms with Gasteiger partial charge in [-0.3, -0.25) is 4.79 Å². The maximum atomic E-state index is 11.1. The summed E-state index contributed by atoms with van der Waals surface area (Å²) in [5, 5.41) is 9.14. The Bertz CT molecular complexity index is 359. The summed E-state index contributed by atoms with van der Waals surface area (Å²) in [6.45, 7) is 4.51. The van der Waals surface area contributed by atoms with Crippen molar-refractivity contribution < 1.29 is 9.90 Å². The largest absolute Gasteiger partial charge is 0.481 e. The monoisotopic (exact) mass is 235 g/mol. The quantitative estimate of drug-likeness (QED) is 0.731. The molecule has 0 radical (unpaired) electrons. The van der Waals surface area contributed by atoms with Gasteiger partial charge in [-0.05, 0) is 60.8 Å². The molecule has 0 amide bonds. The van der Waals surface area contributed by atoms with Gasteiger partial charge in [0.15, 0.2) is 0 Å². The third-order valence-corrected chi connectivity index (χ3v) is 5.93. The molecule has 0 aliphatic heterocycles. The molecule has 3 N–H and O–H groups in total. The van der Waals surface area contributed by atoms with Crippen LogP contribution in [0.4, 0.5) is 0 Å². The summed E-state index contributed by atoms with van der Waals surface area (Å²) >= 11 is 0. The van der Waals surface area contributed by atoms with Crippen LogP contribution in [0.5, 0.6) is 0 Å². The first kappa shape index (κ1) is 11.3. The minimum absolute atomic E-state index is 0.0942. The van der Waals surface area contributed by atoms with Gasteiger partial charge >= 0.3 is 5.97 Å².